The molecule has 0 fully saturated rings. The monoisotopic (exact) mass is 290 g/mol. The summed E-state index contributed by atoms with van der Waals surface area (Å²) in [5, 5.41) is 12.2. The third-order valence-electron chi connectivity index (χ3n) is 2.63. The minimum atomic E-state index is -0.602. The van der Waals surface area contributed by atoms with E-state index in [0.29, 0.717) is 0 Å². The van der Waals surface area contributed by atoms with Gasteiger partial charge < -0.3 is 20.3 Å². The topological polar surface area (TPSA) is 120 Å². The van der Waals surface area contributed by atoms with Crippen molar-refractivity contribution in [1.29, 1.82) is 0 Å². The summed E-state index contributed by atoms with van der Waals surface area (Å²) in [6, 6.07) is 5.93. The lowest BCUT2D eigenvalue weighted by molar-refractivity contribution is 0.102. The lowest BCUT2D eigenvalue weighted by Crippen LogP contribution is -2.15. The van der Waals surface area contributed by atoms with Crippen LogP contribution in [0.4, 0.5) is 11.6 Å². The molecule has 0 saturated heterocycles. The molecule has 0 saturated carbocycles. The number of aromatic nitrogens is 2. The van der Waals surface area contributed by atoms with Crippen LogP contribution in [0.3, 0.4) is 0 Å². The molecule has 0 spiro atoms. The summed E-state index contributed by atoms with van der Waals surface area (Å²) in [6.07, 6.45) is 0. The van der Waals surface area contributed by atoms with Crippen molar-refractivity contribution in [2.24, 2.45) is 0 Å². The number of carbonyl (C=O) groups excluding carboxylic acids is 1. The van der Waals surface area contributed by atoms with Crippen molar-refractivity contribution >= 4 is 17.5 Å². The number of hydrogen-bond donors (Lipinski definition) is 3. The van der Waals surface area contributed by atoms with Gasteiger partial charge in [-0.1, -0.05) is 6.07 Å². The van der Waals surface area contributed by atoms with E-state index in [1.54, 1.807) is 6.07 Å². The van der Waals surface area contributed by atoms with E-state index in [0.717, 1.165) is 0 Å². The number of para-hydroxylation sites is 1. The van der Waals surface area contributed by atoms with E-state index in [1.807, 2.05) is 0 Å². The van der Waals surface area contributed by atoms with E-state index >= 15 is 0 Å². The summed E-state index contributed by atoms with van der Waals surface area (Å²) < 4.78 is 9.95. The second-order valence-corrected chi connectivity index (χ2v) is 3.97. The standard InChI is InChI=1S/C13H14N4O4/c1-20-9-6-10(21-2)16-13(15-9)17-12(19)7-4-3-5-8(14)11(7)18/h3-6,18H,14H2,1-2H3,(H,15,16,17,19). The fraction of sp³-hybridized carbons (Fsp3) is 0.154. The number of nitrogens with one attached hydrogen (secondary N) is 1. The number of nitrogens with zero attached hydrogens (tertiary/aromatic N) is 2. The van der Waals surface area contributed by atoms with Gasteiger partial charge in [0.2, 0.25) is 17.7 Å². The summed E-state index contributed by atoms with van der Waals surface area (Å²) in [6.45, 7) is 0. The van der Waals surface area contributed by atoms with Crippen LogP contribution in [0.2, 0.25) is 0 Å². The van der Waals surface area contributed by atoms with Crippen LogP contribution < -0.4 is 20.5 Å². The van der Waals surface area contributed by atoms with Gasteiger partial charge in [0.05, 0.1) is 31.5 Å². The molecule has 0 aliphatic heterocycles. The highest BCUT2D eigenvalue weighted by molar-refractivity contribution is 6.06. The lowest BCUT2D eigenvalue weighted by atomic mass is 10.1. The largest absolute Gasteiger partial charge is 0.505 e. The van der Waals surface area contributed by atoms with Crippen LogP contribution in [-0.4, -0.2) is 35.2 Å². The minimum Gasteiger partial charge on any atom is -0.505 e. The minimum absolute atomic E-state index is 0.0142. The Hall–Kier alpha value is -3.03. The van der Waals surface area contributed by atoms with Crippen molar-refractivity contribution in [3.8, 4) is 17.5 Å². The van der Waals surface area contributed by atoms with E-state index in [4.69, 9.17) is 15.2 Å². The maximum Gasteiger partial charge on any atom is 0.261 e. The summed E-state index contributed by atoms with van der Waals surface area (Å²) in [5.74, 6) is -0.458. The fourth-order valence-electron chi connectivity index (χ4n) is 1.58. The third kappa shape index (κ3) is 3.11. The van der Waals surface area contributed by atoms with Crippen molar-refractivity contribution in [3.05, 3.63) is 29.8 Å². The number of phenols is 1. The number of aromatic hydroxyl groups is 1. The van der Waals surface area contributed by atoms with Gasteiger partial charge in [-0.05, 0) is 12.1 Å². The molecule has 8 heteroatoms. The number of benzene rings is 1. The van der Waals surface area contributed by atoms with Crippen LogP contribution in [0.15, 0.2) is 24.3 Å². The fourth-order valence-corrected chi connectivity index (χ4v) is 1.58. The van der Waals surface area contributed by atoms with Crippen LogP contribution in [0.1, 0.15) is 10.4 Å². The van der Waals surface area contributed by atoms with E-state index in [9.17, 15) is 9.90 Å². The number of nitrogens with two attached hydrogens (primary N) is 1. The molecule has 0 atom stereocenters. The number of nitrogen functional groups attached to an aromatic ring is 1. The number of carbonyl (C=O) groups is 1. The zero-order chi connectivity index (χ0) is 15.4. The van der Waals surface area contributed by atoms with Gasteiger partial charge in [0.25, 0.3) is 5.91 Å². The Labute approximate surface area is 120 Å². The molecule has 0 aliphatic rings. The van der Waals surface area contributed by atoms with Crippen molar-refractivity contribution in [1.82, 2.24) is 9.97 Å². The highest BCUT2D eigenvalue weighted by Gasteiger charge is 2.15. The molecule has 8 nitrogen and oxygen atoms in total. The molecule has 110 valence electrons. The Morgan fingerprint density at radius 2 is 1.86 bits per heavy atom. The summed E-state index contributed by atoms with van der Waals surface area (Å²) in [7, 11) is 2.86. The molecule has 4 N–H and O–H groups in total. The molecule has 1 aromatic heterocycles. The maximum absolute atomic E-state index is 12.1. The van der Waals surface area contributed by atoms with Crippen LogP contribution in [0, 0.1) is 0 Å². The summed E-state index contributed by atoms with van der Waals surface area (Å²) in [4.78, 5) is 20.0. The SMILES string of the molecule is COc1cc(OC)nc(NC(=O)c2cccc(N)c2O)n1. The molecule has 1 amide bonds. The van der Waals surface area contributed by atoms with Crippen molar-refractivity contribution in [3.63, 3.8) is 0 Å². The van der Waals surface area contributed by atoms with Crippen molar-refractivity contribution in [2.45, 2.75) is 0 Å². The number of hydrogen-bond acceptors (Lipinski definition) is 7. The highest BCUT2D eigenvalue weighted by atomic mass is 16.5. The van der Waals surface area contributed by atoms with Gasteiger partial charge in [-0.2, -0.15) is 9.97 Å². The first-order chi connectivity index (χ1) is 10.0. The molecular weight excluding hydrogens is 276 g/mol. The molecule has 2 rings (SSSR count). The first-order valence-corrected chi connectivity index (χ1v) is 5.91. The Morgan fingerprint density at radius 3 is 2.43 bits per heavy atom. The zero-order valence-corrected chi connectivity index (χ0v) is 11.5. The van der Waals surface area contributed by atoms with Gasteiger partial charge in [-0.25, -0.2) is 0 Å². The molecule has 0 aliphatic carbocycles. The molecule has 2 aromatic rings. The third-order valence-corrected chi connectivity index (χ3v) is 2.63. The van der Waals surface area contributed by atoms with Crippen molar-refractivity contribution < 1.29 is 19.4 Å². The first-order valence-electron chi connectivity index (χ1n) is 5.91. The molecule has 21 heavy (non-hydrogen) atoms. The van der Waals surface area contributed by atoms with E-state index in [2.05, 4.69) is 15.3 Å². The summed E-state index contributed by atoms with van der Waals surface area (Å²) >= 11 is 0. The Balaban J connectivity index is 2.29. The van der Waals surface area contributed by atoms with Crippen molar-refractivity contribution in [2.75, 3.05) is 25.3 Å². The van der Waals surface area contributed by atoms with Crippen LogP contribution in [0.5, 0.6) is 17.5 Å². The molecule has 0 unspecified atom stereocenters. The number of rotatable bonds is 4. The predicted molar refractivity (Wildman–Crippen MR) is 75.6 cm³/mol. The number of anilines is 2. The van der Waals surface area contributed by atoms with E-state index in [-0.39, 0.29) is 34.7 Å². The molecule has 1 aromatic carbocycles. The van der Waals surface area contributed by atoms with Gasteiger partial charge in [-0.15, -0.1) is 0 Å². The summed E-state index contributed by atoms with van der Waals surface area (Å²) in [5.41, 5.74) is 5.66. The van der Waals surface area contributed by atoms with Gasteiger partial charge >= 0.3 is 0 Å². The Morgan fingerprint density at radius 1 is 1.24 bits per heavy atom. The first kappa shape index (κ1) is 14.4. The normalized spacial score (nSPS) is 10.0. The van der Waals surface area contributed by atoms with Gasteiger partial charge in [0.1, 0.15) is 0 Å². The van der Waals surface area contributed by atoms with Crippen LogP contribution >= 0.6 is 0 Å². The smallest absolute Gasteiger partial charge is 0.261 e. The Bertz CT molecular complexity index is 653. The average Bonchev–Trinajstić information content (AvgIpc) is 2.49. The molecular formula is C13H14N4O4. The number of ether oxygens (including phenoxy) is 2. The number of amides is 1. The maximum atomic E-state index is 12.1. The average molecular weight is 290 g/mol. The zero-order valence-electron chi connectivity index (χ0n) is 11.5. The predicted octanol–water partition coefficient (Wildman–Crippen LogP) is 1.03. The quantitative estimate of drug-likeness (QED) is 0.568. The van der Waals surface area contributed by atoms with E-state index < -0.39 is 5.91 Å². The van der Waals surface area contributed by atoms with Gasteiger partial charge in [0, 0.05) is 0 Å². The van der Waals surface area contributed by atoms with Crippen LogP contribution in [0.25, 0.3) is 0 Å². The molecule has 0 radical (unpaired) electrons. The second kappa shape index (κ2) is 5.95. The number of methoxy groups -OCH3 is 2. The van der Waals surface area contributed by atoms with Gasteiger partial charge in [-0.3, -0.25) is 10.1 Å². The van der Waals surface area contributed by atoms with Gasteiger partial charge in [0.15, 0.2) is 5.75 Å². The molecule has 1 heterocycles. The Kier molecular flexibility index (Phi) is 4.07. The van der Waals surface area contributed by atoms with Crippen LogP contribution in [-0.2, 0) is 0 Å². The number of phenolic OH excluding ortho intramolecular Hbond substituents is 1. The second-order valence-electron chi connectivity index (χ2n) is 3.97. The lowest BCUT2D eigenvalue weighted by Gasteiger charge is -2.09. The molecule has 0 bridgehead atoms. The highest BCUT2D eigenvalue weighted by Crippen LogP contribution is 2.25. The van der Waals surface area contributed by atoms with E-state index in [1.165, 1.54) is 32.4 Å².